The summed E-state index contributed by atoms with van der Waals surface area (Å²) < 4.78 is 21.3. The maximum atomic E-state index is 5.98. The summed E-state index contributed by atoms with van der Waals surface area (Å²) in [6.07, 6.45) is 0.870. The molecule has 0 saturated carbocycles. The van der Waals surface area contributed by atoms with Gasteiger partial charge < -0.3 is 24.7 Å². The Kier molecular flexibility index (Phi) is 8.37. The van der Waals surface area contributed by atoms with Crippen molar-refractivity contribution in [2.45, 2.75) is 13.0 Å². The average Bonchev–Trinajstić information content (AvgIpc) is 2.46. The van der Waals surface area contributed by atoms with E-state index >= 15 is 0 Å². The second kappa shape index (κ2) is 9.83. The lowest BCUT2D eigenvalue weighted by Gasteiger charge is -2.15. The molecular weight excluding hydrogens is 282 g/mol. The van der Waals surface area contributed by atoms with Crippen molar-refractivity contribution in [3.8, 4) is 11.5 Å². The van der Waals surface area contributed by atoms with Crippen molar-refractivity contribution < 1.29 is 18.9 Å². The van der Waals surface area contributed by atoms with E-state index < -0.39 is 0 Å². The van der Waals surface area contributed by atoms with Crippen LogP contribution in [-0.2, 0) is 16.0 Å². The van der Waals surface area contributed by atoms with Gasteiger partial charge in [0.15, 0.2) is 11.5 Å². The van der Waals surface area contributed by atoms with Crippen molar-refractivity contribution in [2.24, 2.45) is 5.73 Å². The Bertz CT molecular complexity index is 376. The van der Waals surface area contributed by atoms with Crippen LogP contribution in [0.5, 0.6) is 11.5 Å². The molecule has 0 heterocycles. The molecule has 0 amide bonds. The lowest BCUT2D eigenvalue weighted by molar-refractivity contribution is 0.0797. The van der Waals surface area contributed by atoms with Crippen LogP contribution in [0.1, 0.15) is 12.0 Å². The zero-order valence-corrected chi connectivity index (χ0v) is 12.7. The molecule has 6 heteroatoms. The standard InChI is InChI=1S/C14H22ClNO4/c1-17-4-3-5-19-6-7-20-14-11(10-16)8-12(15)9-13(14)18-2/h8-9H,3-7,10,16H2,1-2H3. The first kappa shape index (κ1) is 17.0. The normalized spacial score (nSPS) is 10.6. The molecule has 0 saturated heterocycles. The van der Waals surface area contributed by atoms with Gasteiger partial charge in [0.25, 0.3) is 0 Å². The maximum absolute atomic E-state index is 5.98. The molecule has 1 aromatic rings. The van der Waals surface area contributed by atoms with Crippen LogP contribution in [0.15, 0.2) is 12.1 Å². The van der Waals surface area contributed by atoms with Gasteiger partial charge >= 0.3 is 0 Å². The van der Waals surface area contributed by atoms with Crippen molar-refractivity contribution in [1.29, 1.82) is 0 Å². The minimum Gasteiger partial charge on any atom is -0.493 e. The zero-order valence-electron chi connectivity index (χ0n) is 12.0. The largest absolute Gasteiger partial charge is 0.493 e. The number of nitrogens with two attached hydrogens (primary N) is 1. The van der Waals surface area contributed by atoms with Crippen molar-refractivity contribution >= 4 is 11.6 Å². The van der Waals surface area contributed by atoms with Crippen LogP contribution in [0.25, 0.3) is 0 Å². The average molecular weight is 304 g/mol. The van der Waals surface area contributed by atoms with Gasteiger partial charge in [-0.1, -0.05) is 11.6 Å². The Labute approximate surface area is 124 Å². The fourth-order valence-corrected chi connectivity index (χ4v) is 1.93. The van der Waals surface area contributed by atoms with Crippen LogP contribution < -0.4 is 15.2 Å². The fourth-order valence-electron chi connectivity index (χ4n) is 1.70. The summed E-state index contributed by atoms with van der Waals surface area (Å²) in [5.74, 6) is 1.21. The van der Waals surface area contributed by atoms with Crippen molar-refractivity contribution in [1.82, 2.24) is 0 Å². The number of ether oxygens (including phenoxy) is 4. The van der Waals surface area contributed by atoms with Crippen molar-refractivity contribution in [3.05, 3.63) is 22.7 Å². The summed E-state index contributed by atoms with van der Waals surface area (Å²) in [6, 6.07) is 3.48. The van der Waals surface area contributed by atoms with E-state index in [-0.39, 0.29) is 0 Å². The van der Waals surface area contributed by atoms with Crippen LogP contribution in [0, 0.1) is 0 Å². The van der Waals surface area contributed by atoms with Crippen LogP contribution in [0.4, 0.5) is 0 Å². The predicted octanol–water partition coefficient (Wildman–Crippen LogP) is 2.24. The molecule has 20 heavy (non-hydrogen) atoms. The van der Waals surface area contributed by atoms with E-state index in [2.05, 4.69) is 0 Å². The lowest BCUT2D eigenvalue weighted by atomic mass is 10.2. The number of rotatable bonds is 10. The number of benzene rings is 1. The van der Waals surface area contributed by atoms with E-state index in [1.54, 1.807) is 26.4 Å². The summed E-state index contributed by atoms with van der Waals surface area (Å²) in [6.45, 7) is 2.61. The summed E-state index contributed by atoms with van der Waals surface area (Å²) in [4.78, 5) is 0. The minimum absolute atomic E-state index is 0.334. The monoisotopic (exact) mass is 303 g/mol. The van der Waals surface area contributed by atoms with Crippen molar-refractivity contribution in [3.63, 3.8) is 0 Å². The van der Waals surface area contributed by atoms with E-state index in [0.717, 1.165) is 12.0 Å². The van der Waals surface area contributed by atoms with Gasteiger partial charge in [0.05, 0.1) is 13.7 Å². The van der Waals surface area contributed by atoms with Crippen LogP contribution >= 0.6 is 11.6 Å². The Balaban J connectivity index is 2.46. The van der Waals surface area contributed by atoms with Gasteiger partial charge in [-0.2, -0.15) is 0 Å². The van der Waals surface area contributed by atoms with E-state index in [4.69, 9.17) is 36.3 Å². The first-order chi connectivity index (χ1) is 9.72. The maximum Gasteiger partial charge on any atom is 0.165 e. The molecule has 0 fully saturated rings. The highest BCUT2D eigenvalue weighted by molar-refractivity contribution is 6.30. The van der Waals surface area contributed by atoms with Crippen molar-refractivity contribution in [2.75, 3.05) is 40.6 Å². The summed E-state index contributed by atoms with van der Waals surface area (Å²) in [5, 5.41) is 0.575. The van der Waals surface area contributed by atoms with Gasteiger partial charge in [-0.25, -0.2) is 0 Å². The van der Waals surface area contributed by atoms with E-state index in [0.29, 0.717) is 49.5 Å². The SMILES string of the molecule is COCCCOCCOc1c(CN)cc(Cl)cc1OC. The molecule has 0 aliphatic carbocycles. The highest BCUT2D eigenvalue weighted by Crippen LogP contribution is 2.34. The summed E-state index contributed by atoms with van der Waals surface area (Å²) in [7, 11) is 3.24. The molecule has 114 valence electrons. The number of hydrogen-bond donors (Lipinski definition) is 1. The van der Waals surface area contributed by atoms with Crippen LogP contribution in [0.2, 0.25) is 5.02 Å². The molecule has 0 bridgehead atoms. The number of halogens is 1. The fraction of sp³-hybridized carbons (Fsp3) is 0.571. The quantitative estimate of drug-likeness (QED) is 0.672. The third-order valence-corrected chi connectivity index (χ3v) is 2.87. The topological polar surface area (TPSA) is 62.9 Å². The molecule has 1 rings (SSSR count). The molecule has 0 atom stereocenters. The Morgan fingerprint density at radius 2 is 1.90 bits per heavy atom. The number of methoxy groups -OCH3 is 2. The van der Waals surface area contributed by atoms with Gasteiger partial charge in [0.2, 0.25) is 0 Å². The lowest BCUT2D eigenvalue weighted by Crippen LogP contribution is -2.11. The van der Waals surface area contributed by atoms with Gasteiger partial charge in [0.1, 0.15) is 6.61 Å². The van der Waals surface area contributed by atoms with E-state index in [1.807, 2.05) is 0 Å². The second-order valence-corrected chi connectivity index (χ2v) is 4.54. The molecule has 2 N–H and O–H groups in total. The van der Waals surface area contributed by atoms with E-state index in [1.165, 1.54) is 0 Å². The highest BCUT2D eigenvalue weighted by Gasteiger charge is 2.11. The molecular formula is C14H22ClNO4. The Morgan fingerprint density at radius 3 is 2.55 bits per heavy atom. The third kappa shape index (κ3) is 5.54. The molecule has 5 nitrogen and oxygen atoms in total. The molecule has 0 spiro atoms. The second-order valence-electron chi connectivity index (χ2n) is 4.11. The van der Waals surface area contributed by atoms with E-state index in [9.17, 15) is 0 Å². The highest BCUT2D eigenvalue weighted by atomic mass is 35.5. The summed E-state index contributed by atoms with van der Waals surface area (Å²) >= 11 is 5.98. The van der Waals surface area contributed by atoms with Crippen LogP contribution in [0.3, 0.4) is 0 Å². The summed E-state index contributed by atoms with van der Waals surface area (Å²) in [5.41, 5.74) is 6.50. The molecule has 1 aromatic carbocycles. The molecule has 0 aliphatic heterocycles. The molecule has 0 unspecified atom stereocenters. The number of hydrogen-bond acceptors (Lipinski definition) is 5. The first-order valence-corrected chi connectivity index (χ1v) is 6.86. The Morgan fingerprint density at radius 1 is 1.10 bits per heavy atom. The Hall–Kier alpha value is -1.01. The van der Waals surface area contributed by atoms with Gasteiger partial charge in [-0.05, 0) is 12.5 Å². The predicted molar refractivity (Wildman–Crippen MR) is 78.7 cm³/mol. The van der Waals surface area contributed by atoms with Gasteiger partial charge in [-0.15, -0.1) is 0 Å². The van der Waals surface area contributed by atoms with Gasteiger partial charge in [0, 0.05) is 43.5 Å². The molecule has 0 aromatic heterocycles. The zero-order chi connectivity index (χ0) is 14.8. The molecule has 0 radical (unpaired) electrons. The smallest absolute Gasteiger partial charge is 0.165 e. The first-order valence-electron chi connectivity index (χ1n) is 6.48. The minimum atomic E-state index is 0.334. The molecule has 0 aliphatic rings. The van der Waals surface area contributed by atoms with Crippen LogP contribution in [-0.4, -0.2) is 40.6 Å². The third-order valence-electron chi connectivity index (χ3n) is 2.65. The van der Waals surface area contributed by atoms with Gasteiger partial charge in [-0.3, -0.25) is 0 Å².